The average Bonchev–Trinajstić information content (AvgIpc) is 3.25. The van der Waals surface area contributed by atoms with Gasteiger partial charge >= 0.3 is 0 Å². The summed E-state index contributed by atoms with van der Waals surface area (Å²) < 4.78 is 34.6. The fraction of sp³-hybridized carbons (Fsp3) is 0.471. The molecule has 0 unspecified atom stereocenters. The molecule has 124 valence electrons. The minimum Gasteiger partial charge on any atom is -0.486 e. The van der Waals surface area contributed by atoms with Gasteiger partial charge in [0.05, 0.1) is 11.5 Å². The summed E-state index contributed by atoms with van der Waals surface area (Å²) in [5, 5.41) is 0. The van der Waals surface area contributed by atoms with Gasteiger partial charge < -0.3 is 9.47 Å². The van der Waals surface area contributed by atoms with Crippen molar-refractivity contribution in [2.45, 2.75) is 37.2 Å². The van der Waals surface area contributed by atoms with Crippen LogP contribution in [0.25, 0.3) is 5.76 Å². The summed E-state index contributed by atoms with van der Waals surface area (Å²) in [4.78, 5) is 12.7. The normalized spacial score (nSPS) is 20.6. The van der Waals surface area contributed by atoms with Gasteiger partial charge in [0.2, 0.25) is 11.5 Å². The summed E-state index contributed by atoms with van der Waals surface area (Å²) >= 11 is 0. The lowest BCUT2D eigenvalue weighted by atomic mass is 10.0. The first kappa shape index (κ1) is 16.1. The number of Topliss-reactive ketones (excluding diaryl/α,β-unsaturated/α-hetero) is 1. The molecular weight excluding hydrogens is 316 g/mol. The quantitative estimate of drug-likeness (QED) is 0.826. The number of hydrogen-bond acceptors (Lipinski definition) is 5. The van der Waals surface area contributed by atoms with Crippen LogP contribution in [0.3, 0.4) is 0 Å². The van der Waals surface area contributed by atoms with Crippen molar-refractivity contribution in [3.8, 4) is 0 Å². The Bertz CT molecular complexity index is 768. The van der Waals surface area contributed by atoms with Crippen molar-refractivity contribution >= 4 is 21.4 Å². The van der Waals surface area contributed by atoms with Gasteiger partial charge in [-0.3, -0.25) is 4.79 Å². The fourth-order valence-corrected chi connectivity index (χ4v) is 3.02. The number of benzene rings is 1. The Morgan fingerprint density at radius 1 is 1.22 bits per heavy atom. The lowest BCUT2D eigenvalue weighted by Crippen LogP contribution is -2.30. The van der Waals surface area contributed by atoms with Crippen LogP contribution < -0.4 is 0 Å². The van der Waals surface area contributed by atoms with E-state index in [0.29, 0.717) is 23.8 Å². The maximum Gasteiger partial charge on any atom is 0.244 e. The molecule has 1 aliphatic heterocycles. The highest BCUT2D eigenvalue weighted by molar-refractivity contribution is 7.90. The van der Waals surface area contributed by atoms with Crippen LogP contribution in [-0.4, -0.2) is 32.7 Å². The second-order valence-corrected chi connectivity index (χ2v) is 8.67. The van der Waals surface area contributed by atoms with Crippen molar-refractivity contribution in [1.82, 2.24) is 0 Å². The summed E-state index contributed by atoms with van der Waals surface area (Å²) in [7, 11) is -3.26. The molecule has 0 amide bonds. The third kappa shape index (κ3) is 3.27. The summed E-state index contributed by atoms with van der Waals surface area (Å²) in [6.07, 6.45) is 3.42. The van der Waals surface area contributed by atoms with E-state index in [4.69, 9.17) is 9.47 Å². The Morgan fingerprint density at radius 2 is 1.83 bits per heavy atom. The zero-order chi connectivity index (χ0) is 16.8. The van der Waals surface area contributed by atoms with Crippen molar-refractivity contribution in [2.24, 2.45) is 5.92 Å². The third-order valence-corrected chi connectivity index (χ3v) is 5.15. The molecule has 2 aliphatic rings. The van der Waals surface area contributed by atoms with Gasteiger partial charge in [0.1, 0.15) is 0 Å². The molecule has 0 bridgehead atoms. The van der Waals surface area contributed by atoms with Gasteiger partial charge in [0.25, 0.3) is 0 Å². The second kappa shape index (κ2) is 5.37. The molecular formula is C17H20O5S. The molecule has 0 saturated heterocycles. The molecule has 1 saturated carbocycles. The van der Waals surface area contributed by atoms with E-state index in [0.717, 1.165) is 19.1 Å². The molecule has 6 heteroatoms. The topological polar surface area (TPSA) is 69.7 Å². The lowest BCUT2D eigenvalue weighted by Gasteiger charge is -2.17. The third-order valence-electron chi connectivity index (χ3n) is 4.02. The summed E-state index contributed by atoms with van der Waals surface area (Å²) in [6, 6.07) is 6.30. The number of rotatable bonds is 5. The Morgan fingerprint density at radius 3 is 2.35 bits per heavy atom. The number of carbonyl (C=O) groups excluding carboxylic acids is 1. The summed E-state index contributed by atoms with van der Waals surface area (Å²) in [5.41, 5.74) is -0.328. The van der Waals surface area contributed by atoms with Crippen molar-refractivity contribution in [3.05, 3.63) is 35.6 Å². The predicted molar refractivity (Wildman–Crippen MR) is 85.3 cm³/mol. The highest BCUT2D eigenvalue weighted by Crippen LogP contribution is 2.38. The van der Waals surface area contributed by atoms with Crippen molar-refractivity contribution < 1.29 is 22.7 Å². The Labute approximate surface area is 136 Å². The second-order valence-electron chi connectivity index (χ2n) is 6.65. The monoisotopic (exact) mass is 336 g/mol. The minimum atomic E-state index is -3.26. The van der Waals surface area contributed by atoms with Crippen molar-refractivity contribution in [3.63, 3.8) is 0 Å². The molecule has 1 heterocycles. The number of sulfone groups is 1. The molecule has 0 atom stereocenters. The van der Waals surface area contributed by atoms with Gasteiger partial charge in [0, 0.05) is 11.8 Å². The summed E-state index contributed by atoms with van der Waals surface area (Å²) in [5.74, 6) is 0.975. The largest absolute Gasteiger partial charge is 0.486 e. The fourth-order valence-electron chi connectivity index (χ4n) is 2.38. The van der Waals surface area contributed by atoms with E-state index in [1.807, 2.05) is 0 Å². The van der Waals surface area contributed by atoms with Crippen LogP contribution in [-0.2, 0) is 24.1 Å². The zero-order valence-electron chi connectivity index (χ0n) is 13.5. The van der Waals surface area contributed by atoms with Crippen LogP contribution in [0, 0.1) is 5.92 Å². The van der Waals surface area contributed by atoms with E-state index in [-0.39, 0.29) is 16.4 Å². The first-order chi connectivity index (χ1) is 10.7. The highest BCUT2D eigenvalue weighted by Gasteiger charge is 2.44. The van der Waals surface area contributed by atoms with Gasteiger partial charge in [-0.1, -0.05) is 0 Å². The molecule has 0 aromatic heterocycles. The van der Waals surface area contributed by atoms with E-state index in [2.05, 4.69) is 0 Å². The van der Waals surface area contributed by atoms with Crippen LogP contribution in [0.1, 0.15) is 32.3 Å². The summed E-state index contributed by atoms with van der Waals surface area (Å²) in [6.45, 7) is 3.92. The SMILES string of the molecule is CC1(C)OC(c2ccc(S(C)(=O)=O)cc2)=C(OCC2CC2)C1=O. The van der Waals surface area contributed by atoms with Crippen molar-refractivity contribution in [1.29, 1.82) is 0 Å². The van der Waals surface area contributed by atoms with E-state index in [1.54, 1.807) is 26.0 Å². The smallest absolute Gasteiger partial charge is 0.244 e. The highest BCUT2D eigenvalue weighted by atomic mass is 32.2. The molecule has 3 rings (SSSR count). The molecule has 1 aromatic rings. The van der Waals surface area contributed by atoms with Crippen LogP contribution in [0.4, 0.5) is 0 Å². The van der Waals surface area contributed by atoms with E-state index >= 15 is 0 Å². The minimum absolute atomic E-state index is 0.180. The first-order valence-electron chi connectivity index (χ1n) is 7.60. The zero-order valence-corrected chi connectivity index (χ0v) is 14.3. The standard InChI is InChI=1S/C17H20O5S/c1-17(2)16(18)15(21-10-11-4-5-11)14(22-17)12-6-8-13(9-7-12)23(3,19)20/h6-9,11H,4-5,10H2,1-3H3. The van der Waals surface area contributed by atoms with E-state index in [1.165, 1.54) is 12.1 Å². The van der Waals surface area contributed by atoms with Gasteiger partial charge in [-0.05, 0) is 56.9 Å². The van der Waals surface area contributed by atoms with Gasteiger partial charge in [-0.15, -0.1) is 0 Å². The number of ether oxygens (including phenoxy) is 2. The predicted octanol–water partition coefficient (Wildman–Crippen LogP) is 2.56. The maximum absolute atomic E-state index is 12.5. The Balaban J connectivity index is 1.94. The van der Waals surface area contributed by atoms with Gasteiger partial charge in [-0.25, -0.2) is 8.42 Å². The molecule has 0 N–H and O–H groups in total. The van der Waals surface area contributed by atoms with Crippen LogP contribution in [0.15, 0.2) is 34.9 Å². The number of ketones is 1. The van der Waals surface area contributed by atoms with E-state index < -0.39 is 15.4 Å². The molecule has 1 fully saturated rings. The van der Waals surface area contributed by atoms with Crippen LogP contribution in [0.5, 0.6) is 0 Å². The molecule has 0 spiro atoms. The lowest BCUT2D eigenvalue weighted by molar-refractivity contribution is -0.129. The van der Waals surface area contributed by atoms with E-state index in [9.17, 15) is 13.2 Å². The number of carbonyl (C=O) groups is 1. The molecule has 0 radical (unpaired) electrons. The van der Waals surface area contributed by atoms with Gasteiger partial charge in [0.15, 0.2) is 21.2 Å². The maximum atomic E-state index is 12.5. The van der Waals surface area contributed by atoms with Crippen molar-refractivity contribution in [2.75, 3.05) is 12.9 Å². The Kier molecular flexibility index (Phi) is 3.75. The average molecular weight is 336 g/mol. The van der Waals surface area contributed by atoms with Crippen LogP contribution in [0.2, 0.25) is 0 Å². The van der Waals surface area contributed by atoms with Gasteiger partial charge in [-0.2, -0.15) is 0 Å². The van der Waals surface area contributed by atoms with Crippen LogP contribution >= 0.6 is 0 Å². The molecule has 1 aromatic carbocycles. The number of hydrogen-bond donors (Lipinski definition) is 0. The molecule has 1 aliphatic carbocycles. The Hall–Kier alpha value is -1.82. The first-order valence-corrected chi connectivity index (χ1v) is 9.49. The molecule has 23 heavy (non-hydrogen) atoms. The molecule has 5 nitrogen and oxygen atoms in total.